The van der Waals surface area contributed by atoms with Crippen LogP contribution in [0.4, 0.5) is 4.79 Å². The van der Waals surface area contributed by atoms with E-state index in [2.05, 4.69) is 25.0 Å². The third-order valence-corrected chi connectivity index (χ3v) is 4.83. The Balaban J connectivity index is 2.50. The molecule has 0 bridgehead atoms. The predicted octanol–water partition coefficient (Wildman–Crippen LogP) is 2.77. The molecule has 0 aliphatic heterocycles. The summed E-state index contributed by atoms with van der Waals surface area (Å²) in [5, 5.41) is 11.2. The number of hydrogen-bond donors (Lipinski definition) is 3. The van der Waals surface area contributed by atoms with Crippen molar-refractivity contribution >= 4 is 14.4 Å². The molecule has 2 atom stereocenters. The molecule has 1 aliphatic carbocycles. The largest absolute Gasteiger partial charge is 0.465 e. The highest BCUT2D eigenvalue weighted by molar-refractivity contribution is 6.69. The Morgan fingerprint density at radius 3 is 2.45 bits per heavy atom. The van der Waals surface area contributed by atoms with E-state index in [1.165, 1.54) is 32.1 Å². The first-order valence-corrected chi connectivity index (χ1v) is 11.1. The Bertz CT molecular complexity index is 301. The average Bonchev–Trinajstić information content (AvgIpc) is 2.35. The average molecular weight is 302 g/mol. The molecule has 0 aromatic rings. The topological polar surface area (TPSA) is 84.6 Å². The number of hydrogen-bond acceptors (Lipinski definition) is 3. The van der Waals surface area contributed by atoms with Crippen molar-refractivity contribution in [1.82, 2.24) is 5.32 Å². The van der Waals surface area contributed by atoms with E-state index in [0.717, 1.165) is 6.42 Å². The number of rotatable bonds is 7. The lowest BCUT2D eigenvalue weighted by Crippen LogP contribution is -2.44. The zero-order valence-electron chi connectivity index (χ0n) is 13.0. The van der Waals surface area contributed by atoms with Gasteiger partial charge in [-0.2, -0.15) is 0 Å². The smallest absolute Gasteiger partial charge is 0.404 e. The summed E-state index contributed by atoms with van der Waals surface area (Å²) in [6.45, 7) is 6.69. The van der Waals surface area contributed by atoms with Crippen LogP contribution < -0.4 is 11.1 Å². The molecule has 1 saturated carbocycles. The fourth-order valence-corrected chi connectivity index (χ4v) is 4.11. The van der Waals surface area contributed by atoms with Crippen LogP contribution in [0.3, 0.4) is 0 Å². The van der Waals surface area contributed by atoms with Crippen molar-refractivity contribution in [3.8, 4) is 0 Å². The Labute approximate surface area is 123 Å². The maximum absolute atomic E-state index is 10.7. The van der Waals surface area contributed by atoms with Crippen LogP contribution in [0.2, 0.25) is 19.6 Å². The van der Waals surface area contributed by atoms with E-state index in [-0.39, 0.29) is 12.1 Å². The van der Waals surface area contributed by atoms with Crippen LogP contribution in [0.25, 0.3) is 0 Å². The fourth-order valence-electron chi connectivity index (χ4n) is 2.93. The first kappa shape index (κ1) is 17.5. The summed E-state index contributed by atoms with van der Waals surface area (Å²) in [7, 11) is -1.70. The molecule has 0 heterocycles. The second-order valence-corrected chi connectivity index (χ2v) is 11.3. The summed E-state index contributed by atoms with van der Waals surface area (Å²) in [4.78, 5) is 10.7. The van der Waals surface area contributed by atoms with Gasteiger partial charge in [0.1, 0.15) is 0 Å². The molecule has 6 heteroatoms. The van der Waals surface area contributed by atoms with Gasteiger partial charge in [0, 0.05) is 12.6 Å². The molecule has 1 aliphatic rings. The zero-order valence-corrected chi connectivity index (χ0v) is 14.0. The van der Waals surface area contributed by atoms with E-state index in [4.69, 9.17) is 15.3 Å². The third-order valence-electron chi connectivity index (χ3n) is 3.79. The predicted molar refractivity (Wildman–Crippen MR) is 83.4 cm³/mol. The molecule has 0 saturated heterocycles. The monoisotopic (exact) mass is 302 g/mol. The van der Waals surface area contributed by atoms with Gasteiger partial charge < -0.3 is 20.6 Å². The van der Waals surface area contributed by atoms with Gasteiger partial charge in [-0.15, -0.1) is 0 Å². The van der Waals surface area contributed by atoms with E-state index in [9.17, 15) is 4.79 Å². The summed E-state index contributed by atoms with van der Waals surface area (Å²) in [5.41, 5.74) is 6.33. The highest BCUT2D eigenvalue weighted by atomic mass is 28.4. The highest BCUT2D eigenvalue weighted by Gasteiger charge is 2.27. The van der Waals surface area contributed by atoms with Crippen molar-refractivity contribution in [2.45, 2.75) is 70.3 Å². The molecular formula is C14H30N2O3Si. The lowest BCUT2D eigenvalue weighted by Gasteiger charge is -2.33. The Hall–Kier alpha value is -0.593. The number of nitrogens with one attached hydrogen (secondary N) is 1. The van der Waals surface area contributed by atoms with Gasteiger partial charge in [0.05, 0.1) is 6.10 Å². The van der Waals surface area contributed by atoms with Crippen LogP contribution in [0, 0.1) is 5.92 Å². The van der Waals surface area contributed by atoms with Crippen molar-refractivity contribution in [1.29, 1.82) is 0 Å². The van der Waals surface area contributed by atoms with Crippen molar-refractivity contribution in [2.75, 3.05) is 6.54 Å². The minimum Gasteiger partial charge on any atom is -0.465 e. The van der Waals surface area contributed by atoms with Gasteiger partial charge in [-0.1, -0.05) is 19.3 Å². The van der Waals surface area contributed by atoms with Crippen molar-refractivity contribution in [2.24, 2.45) is 11.7 Å². The van der Waals surface area contributed by atoms with E-state index in [1.807, 2.05) is 0 Å². The Kier molecular flexibility index (Phi) is 6.98. The fraction of sp³-hybridized carbons (Fsp3) is 0.929. The molecule has 1 fully saturated rings. The van der Waals surface area contributed by atoms with Crippen LogP contribution in [0.1, 0.15) is 38.5 Å². The third kappa shape index (κ3) is 7.26. The van der Waals surface area contributed by atoms with Crippen molar-refractivity contribution in [3.63, 3.8) is 0 Å². The van der Waals surface area contributed by atoms with E-state index in [0.29, 0.717) is 12.5 Å². The zero-order chi connectivity index (χ0) is 15.2. The minimum atomic E-state index is -1.70. The van der Waals surface area contributed by atoms with Gasteiger partial charge in [0.25, 0.3) is 0 Å². The lowest BCUT2D eigenvalue weighted by molar-refractivity contribution is 0.143. The summed E-state index contributed by atoms with van der Waals surface area (Å²) in [6, 6.07) is 0.118. The van der Waals surface area contributed by atoms with Crippen LogP contribution in [-0.4, -0.2) is 38.2 Å². The SMILES string of the molecule is C[Si](C)(C)OC(CNC(=O)O)CC(N)C1CCCCC1. The summed E-state index contributed by atoms with van der Waals surface area (Å²) >= 11 is 0. The van der Waals surface area contributed by atoms with Crippen molar-refractivity contribution in [3.05, 3.63) is 0 Å². The highest BCUT2D eigenvalue weighted by Crippen LogP contribution is 2.28. The van der Waals surface area contributed by atoms with Crippen molar-refractivity contribution < 1.29 is 14.3 Å². The molecule has 20 heavy (non-hydrogen) atoms. The standard InChI is InChI=1S/C14H30N2O3Si/c1-20(2,3)19-12(10-16-14(17)18)9-13(15)11-7-5-4-6-8-11/h11-13,16H,4-10,15H2,1-3H3,(H,17,18). The molecular weight excluding hydrogens is 272 g/mol. The van der Waals surface area contributed by atoms with Gasteiger partial charge in [0.2, 0.25) is 0 Å². The molecule has 118 valence electrons. The van der Waals surface area contributed by atoms with Crippen LogP contribution in [0.15, 0.2) is 0 Å². The van der Waals surface area contributed by atoms with Gasteiger partial charge in [-0.25, -0.2) is 4.79 Å². The molecule has 1 rings (SSSR count). The molecule has 0 aromatic carbocycles. The Morgan fingerprint density at radius 1 is 1.35 bits per heavy atom. The normalized spacial score (nSPS) is 20.4. The Morgan fingerprint density at radius 2 is 1.95 bits per heavy atom. The lowest BCUT2D eigenvalue weighted by atomic mass is 9.82. The molecule has 0 radical (unpaired) electrons. The maximum atomic E-state index is 10.7. The van der Waals surface area contributed by atoms with Crippen LogP contribution >= 0.6 is 0 Å². The van der Waals surface area contributed by atoms with Crippen LogP contribution in [0.5, 0.6) is 0 Å². The number of nitrogens with two attached hydrogens (primary N) is 1. The van der Waals surface area contributed by atoms with E-state index >= 15 is 0 Å². The number of carboxylic acid groups (broad SMARTS) is 1. The van der Waals surface area contributed by atoms with Gasteiger partial charge >= 0.3 is 6.09 Å². The van der Waals surface area contributed by atoms with Gasteiger partial charge in [-0.05, 0) is 44.8 Å². The van der Waals surface area contributed by atoms with Crippen LogP contribution in [-0.2, 0) is 4.43 Å². The number of carbonyl (C=O) groups is 1. The minimum absolute atomic E-state index is 0.102. The second-order valence-electron chi connectivity index (χ2n) is 6.84. The first-order valence-electron chi connectivity index (χ1n) is 7.68. The number of amides is 1. The molecule has 0 aromatic heterocycles. The summed E-state index contributed by atoms with van der Waals surface area (Å²) in [5.74, 6) is 0.571. The molecule has 1 amide bonds. The first-order chi connectivity index (χ1) is 9.28. The molecule has 0 spiro atoms. The second kappa shape index (κ2) is 8.00. The summed E-state index contributed by atoms with van der Waals surface area (Å²) in [6.07, 6.45) is 5.90. The molecule has 5 nitrogen and oxygen atoms in total. The van der Waals surface area contributed by atoms with E-state index < -0.39 is 14.4 Å². The quantitative estimate of drug-likeness (QED) is 0.631. The van der Waals surface area contributed by atoms with E-state index in [1.54, 1.807) is 0 Å². The van der Waals surface area contributed by atoms with Gasteiger partial charge in [0.15, 0.2) is 8.32 Å². The molecule has 2 unspecified atom stereocenters. The summed E-state index contributed by atoms with van der Waals surface area (Å²) < 4.78 is 6.08. The van der Waals surface area contributed by atoms with Gasteiger partial charge in [-0.3, -0.25) is 0 Å². The maximum Gasteiger partial charge on any atom is 0.404 e. The molecule has 4 N–H and O–H groups in total.